The number of likely N-dealkylation sites (N-methyl/N-ethyl adjacent to an activating group) is 1. The molecule has 2 N–H and O–H groups in total. The van der Waals surface area contributed by atoms with Crippen LogP contribution in [0.15, 0.2) is 48.5 Å². The summed E-state index contributed by atoms with van der Waals surface area (Å²) in [6.45, 7) is 2.62. The highest BCUT2D eigenvalue weighted by Gasteiger charge is 2.17. The van der Waals surface area contributed by atoms with Gasteiger partial charge in [-0.15, -0.1) is 0 Å². The highest BCUT2D eigenvalue weighted by atomic mass is 16.6. The molecule has 0 aliphatic carbocycles. The standard InChI is InChI=1S/C18H21N3O4/c1-2-20(12-14-6-4-3-5-7-14)18(23)11-19-16-10-15(13-22)8-9-17(16)21(24)25/h3-10,19,22H,2,11-13H2,1H3. The third kappa shape index (κ3) is 5.02. The molecule has 132 valence electrons. The summed E-state index contributed by atoms with van der Waals surface area (Å²) in [6, 6.07) is 13.9. The highest BCUT2D eigenvalue weighted by molar-refractivity contribution is 5.82. The van der Waals surface area contributed by atoms with Gasteiger partial charge in [0.25, 0.3) is 5.69 Å². The fourth-order valence-corrected chi connectivity index (χ4v) is 2.45. The Morgan fingerprint density at radius 3 is 2.52 bits per heavy atom. The summed E-state index contributed by atoms with van der Waals surface area (Å²) in [4.78, 5) is 24.7. The second-order valence-electron chi connectivity index (χ2n) is 5.51. The third-order valence-corrected chi connectivity index (χ3v) is 3.82. The van der Waals surface area contributed by atoms with Gasteiger partial charge >= 0.3 is 0 Å². The minimum absolute atomic E-state index is 0.0591. The largest absolute Gasteiger partial charge is 0.392 e. The van der Waals surface area contributed by atoms with Gasteiger partial charge in [0.2, 0.25) is 5.91 Å². The number of aliphatic hydroxyl groups is 1. The van der Waals surface area contributed by atoms with E-state index >= 15 is 0 Å². The predicted molar refractivity (Wildman–Crippen MR) is 95.0 cm³/mol. The molecular weight excluding hydrogens is 322 g/mol. The van der Waals surface area contributed by atoms with Gasteiger partial charge in [-0.05, 0) is 30.2 Å². The minimum atomic E-state index is -0.518. The van der Waals surface area contributed by atoms with Crippen molar-refractivity contribution in [3.05, 3.63) is 69.8 Å². The van der Waals surface area contributed by atoms with Crippen molar-refractivity contribution in [2.24, 2.45) is 0 Å². The van der Waals surface area contributed by atoms with Crippen molar-refractivity contribution in [3.8, 4) is 0 Å². The number of nitro benzene ring substituents is 1. The van der Waals surface area contributed by atoms with E-state index < -0.39 is 4.92 Å². The van der Waals surface area contributed by atoms with Crippen molar-refractivity contribution in [1.82, 2.24) is 4.90 Å². The van der Waals surface area contributed by atoms with Crippen LogP contribution in [0.5, 0.6) is 0 Å². The SMILES string of the molecule is CCN(Cc1ccccc1)C(=O)CNc1cc(CO)ccc1[N+](=O)[O-]. The Bertz CT molecular complexity index is 734. The van der Waals surface area contributed by atoms with Gasteiger partial charge in [0, 0.05) is 19.2 Å². The average molecular weight is 343 g/mol. The molecule has 0 spiro atoms. The smallest absolute Gasteiger partial charge is 0.292 e. The second-order valence-corrected chi connectivity index (χ2v) is 5.51. The summed E-state index contributed by atoms with van der Waals surface area (Å²) in [5, 5.41) is 23.1. The van der Waals surface area contributed by atoms with E-state index in [1.165, 1.54) is 18.2 Å². The number of carbonyl (C=O) groups is 1. The lowest BCUT2D eigenvalue weighted by atomic mass is 10.2. The van der Waals surface area contributed by atoms with Crippen LogP contribution < -0.4 is 5.32 Å². The van der Waals surface area contributed by atoms with Crippen molar-refractivity contribution in [3.63, 3.8) is 0 Å². The zero-order valence-electron chi connectivity index (χ0n) is 14.0. The van der Waals surface area contributed by atoms with Gasteiger partial charge in [-0.1, -0.05) is 30.3 Å². The first-order valence-electron chi connectivity index (χ1n) is 7.99. The van der Waals surface area contributed by atoms with Gasteiger partial charge in [-0.2, -0.15) is 0 Å². The molecule has 0 heterocycles. The van der Waals surface area contributed by atoms with Crippen LogP contribution in [-0.2, 0) is 17.9 Å². The maximum absolute atomic E-state index is 12.4. The van der Waals surface area contributed by atoms with Crippen molar-refractivity contribution >= 4 is 17.3 Å². The molecule has 1 amide bonds. The molecule has 0 aliphatic heterocycles. The van der Waals surface area contributed by atoms with E-state index in [0.29, 0.717) is 18.7 Å². The normalized spacial score (nSPS) is 10.3. The van der Waals surface area contributed by atoms with Crippen LogP contribution in [0.3, 0.4) is 0 Å². The first-order chi connectivity index (χ1) is 12.0. The molecule has 2 rings (SSSR count). The summed E-state index contributed by atoms with van der Waals surface area (Å²) in [5.41, 5.74) is 1.65. The molecule has 7 heteroatoms. The Balaban J connectivity index is 2.06. The molecule has 0 atom stereocenters. The number of nitrogens with zero attached hydrogens (tertiary/aromatic N) is 2. The molecule has 0 unspecified atom stereocenters. The molecule has 0 aromatic heterocycles. The highest BCUT2D eigenvalue weighted by Crippen LogP contribution is 2.25. The maximum atomic E-state index is 12.4. The van der Waals surface area contributed by atoms with Crippen LogP contribution in [0.25, 0.3) is 0 Å². The third-order valence-electron chi connectivity index (χ3n) is 3.82. The lowest BCUT2D eigenvalue weighted by Crippen LogP contribution is -2.35. The van der Waals surface area contributed by atoms with Crippen molar-refractivity contribution in [1.29, 1.82) is 0 Å². The van der Waals surface area contributed by atoms with Crippen molar-refractivity contribution < 1.29 is 14.8 Å². The monoisotopic (exact) mass is 343 g/mol. The summed E-state index contributed by atoms with van der Waals surface area (Å²) in [7, 11) is 0. The van der Waals surface area contributed by atoms with Gasteiger partial charge in [0.1, 0.15) is 5.69 Å². The molecule has 7 nitrogen and oxygen atoms in total. The number of nitrogens with one attached hydrogen (secondary N) is 1. The van der Waals surface area contributed by atoms with Crippen molar-refractivity contribution in [2.75, 3.05) is 18.4 Å². The lowest BCUT2D eigenvalue weighted by molar-refractivity contribution is -0.384. The molecule has 0 bridgehead atoms. The summed E-state index contributed by atoms with van der Waals surface area (Å²) >= 11 is 0. The Kier molecular flexibility index (Phi) is 6.47. The Morgan fingerprint density at radius 1 is 1.20 bits per heavy atom. The predicted octanol–water partition coefficient (Wildman–Crippen LogP) is 2.55. The van der Waals surface area contributed by atoms with Crippen LogP contribution in [-0.4, -0.2) is 33.9 Å². The van der Waals surface area contributed by atoms with E-state index in [-0.39, 0.29) is 30.4 Å². The molecule has 0 fully saturated rings. The number of hydrogen-bond acceptors (Lipinski definition) is 5. The quantitative estimate of drug-likeness (QED) is 0.567. The average Bonchev–Trinajstić information content (AvgIpc) is 2.64. The first-order valence-corrected chi connectivity index (χ1v) is 7.99. The molecule has 0 saturated heterocycles. The van der Waals surface area contributed by atoms with Crippen LogP contribution in [0.4, 0.5) is 11.4 Å². The van der Waals surface area contributed by atoms with E-state index in [1.807, 2.05) is 37.3 Å². The Hall–Kier alpha value is -2.93. The van der Waals surface area contributed by atoms with E-state index in [4.69, 9.17) is 0 Å². The first kappa shape index (κ1) is 18.4. The number of aliphatic hydroxyl groups excluding tert-OH is 1. The van der Waals surface area contributed by atoms with Gasteiger partial charge in [0.15, 0.2) is 0 Å². The zero-order valence-corrected chi connectivity index (χ0v) is 14.0. The number of rotatable bonds is 8. The lowest BCUT2D eigenvalue weighted by Gasteiger charge is -2.21. The number of nitro groups is 1. The molecular formula is C18H21N3O4. The minimum Gasteiger partial charge on any atom is -0.392 e. The summed E-state index contributed by atoms with van der Waals surface area (Å²) in [5.74, 6) is -0.157. The molecule has 2 aromatic rings. The summed E-state index contributed by atoms with van der Waals surface area (Å²) < 4.78 is 0. The topological polar surface area (TPSA) is 95.7 Å². The number of amides is 1. The zero-order chi connectivity index (χ0) is 18.2. The van der Waals surface area contributed by atoms with Gasteiger partial charge in [-0.3, -0.25) is 14.9 Å². The van der Waals surface area contributed by atoms with Crippen LogP contribution in [0, 0.1) is 10.1 Å². The molecule has 0 saturated carbocycles. The Labute approximate surface area is 146 Å². The van der Waals surface area contributed by atoms with Crippen LogP contribution in [0.1, 0.15) is 18.1 Å². The molecule has 0 aliphatic rings. The summed E-state index contributed by atoms with van der Waals surface area (Å²) in [6.07, 6.45) is 0. The van der Waals surface area contributed by atoms with Gasteiger partial charge in [0.05, 0.1) is 18.1 Å². The number of anilines is 1. The number of benzene rings is 2. The van der Waals surface area contributed by atoms with Crippen molar-refractivity contribution in [2.45, 2.75) is 20.1 Å². The maximum Gasteiger partial charge on any atom is 0.292 e. The molecule has 25 heavy (non-hydrogen) atoms. The second kappa shape index (κ2) is 8.79. The van der Waals surface area contributed by atoms with Crippen LogP contribution in [0.2, 0.25) is 0 Å². The fourth-order valence-electron chi connectivity index (χ4n) is 2.45. The molecule has 2 aromatic carbocycles. The van der Waals surface area contributed by atoms with Gasteiger partial charge in [-0.25, -0.2) is 0 Å². The fraction of sp³-hybridized carbons (Fsp3) is 0.278. The van der Waals surface area contributed by atoms with E-state index in [2.05, 4.69) is 5.32 Å². The molecule has 0 radical (unpaired) electrons. The van der Waals surface area contributed by atoms with Gasteiger partial charge < -0.3 is 15.3 Å². The van der Waals surface area contributed by atoms with E-state index in [1.54, 1.807) is 4.90 Å². The van der Waals surface area contributed by atoms with E-state index in [9.17, 15) is 20.0 Å². The van der Waals surface area contributed by atoms with Crippen LogP contribution >= 0.6 is 0 Å². The number of carbonyl (C=O) groups excluding carboxylic acids is 1. The number of hydrogen-bond donors (Lipinski definition) is 2. The van der Waals surface area contributed by atoms with E-state index in [0.717, 1.165) is 5.56 Å². The Morgan fingerprint density at radius 2 is 1.92 bits per heavy atom.